The topological polar surface area (TPSA) is 95.9 Å². The third kappa shape index (κ3) is 43.2. The summed E-state index contributed by atoms with van der Waals surface area (Å²) in [4.78, 5) is 26.0. The Morgan fingerprint density at radius 2 is 0.918 bits per heavy atom. The molecule has 0 aliphatic heterocycles. The molecule has 0 aromatic rings. The van der Waals surface area contributed by atoms with Crippen LogP contribution in [-0.4, -0.2) is 46.9 Å². The van der Waals surface area contributed by atoms with Crippen LogP contribution in [0, 0.1) is 0 Å². The highest BCUT2D eigenvalue weighted by Gasteiger charge is 2.23. The fourth-order valence-corrected chi connectivity index (χ4v) is 7.10. The van der Waals surface area contributed by atoms with Gasteiger partial charge >= 0.3 is 5.97 Å². The second kappa shape index (κ2) is 47.8. The van der Waals surface area contributed by atoms with Crippen molar-refractivity contribution in [2.45, 2.75) is 232 Å². The first kappa shape index (κ1) is 57.8. The van der Waals surface area contributed by atoms with Gasteiger partial charge in [0.15, 0.2) is 0 Å². The minimum absolute atomic E-state index is 0.0284. The lowest BCUT2D eigenvalue weighted by Gasteiger charge is -2.24. The van der Waals surface area contributed by atoms with Gasteiger partial charge in [-0.15, -0.1) is 0 Å². The maximum atomic E-state index is 13.1. The third-order valence-corrected chi connectivity index (χ3v) is 10.8. The molecule has 3 atom stereocenters. The molecule has 0 radical (unpaired) electrons. The van der Waals surface area contributed by atoms with E-state index >= 15 is 0 Å². The molecule has 0 rings (SSSR count). The van der Waals surface area contributed by atoms with E-state index in [1.807, 2.05) is 54.7 Å². The Morgan fingerprint density at radius 3 is 1.39 bits per heavy atom. The van der Waals surface area contributed by atoms with Crippen LogP contribution in [0.5, 0.6) is 0 Å². The van der Waals surface area contributed by atoms with Crippen molar-refractivity contribution in [3.05, 3.63) is 97.2 Å². The molecule has 6 nitrogen and oxygen atoms in total. The standard InChI is InChI=1S/C55H93NO5/c1-4-7-10-13-16-19-22-24-26-28-29-32-35-38-41-44-47-53(58)52(50-57)56-54(59)49-51(46-43-40-37-34-31-21-18-15-12-9-6-3)61-55(60)48-45-42-39-36-33-30-27-25-23-20-17-14-11-8-5-2/h8-9,11-12,14-15,17-18,20-21,23,31,34,37,40,43,51-53,57-58H,4-7,10,13,16,19,22,24-30,32-33,35-36,38-39,41-42,44-50H2,1-3H3,(H,56,59)/b11-8+,12-9+,17-14+,18-15+,23-20+,31-21-,37-34-,43-40+. The van der Waals surface area contributed by atoms with Crippen molar-refractivity contribution in [3.63, 3.8) is 0 Å². The normalized spacial score (nSPS) is 14.1. The van der Waals surface area contributed by atoms with Gasteiger partial charge in [-0.1, -0.05) is 253 Å². The number of aliphatic hydroxyl groups excluding tert-OH is 2. The van der Waals surface area contributed by atoms with E-state index in [9.17, 15) is 19.8 Å². The van der Waals surface area contributed by atoms with E-state index in [2.05, 4.69) is 68.6 Å². The van der Waals surface area contributed by atoms with Gasteiger partial charge in [-0.05, 0) is 38.5 Å². The van der Waals surface area contributed by atoms with Gasteiger partial charge in [0.25, 0.3) is 0 Å². The Hall–Kier alpha value is -3.22. The number of hydrogen-bond acceptors (Lipinski definition) is 5. The number of allylic oxidation sites excluding steroid dienone is 15. The first-order valence-electron chi connectivity index (χ1n) is 25.1. The van der Waals surface area contributed by atoms with Crippen molar-refractivity contribution in [1.29, 1.82) is 0 Å². The molecular formula is C55H93NO5. The molecule has 3 N–H and O–H groups in total. The van der Waals surface area contributed by atoms with Gasteiger partial charge in [0.1, 0.15) is 6.10 Å². The second-order valence-electron chi connectivity index (χ2n) is 16.6. The van der Waals surface area contributed by atoms with Crippen molar-refractivity contribution in [2.24, 2.45) is 0 Å². The number of carbonyl (C=O) groups is 2. The highest BCUT2D eigenvalue weighted by Crippen LogP contribution is 2.16. The molecule has 0 saturated heterocycles. The highest BCUT2D eigenvalue weighted by molar-refractivity contribution is 5.77. The monoisotopic (exact) mass is 848 g/mol. The Morgan fingerprint density at radius 1 is 0.508 bits per heavy atom. The zero-order valence-electron chi connectivity index (χ0n) is 39.5. The van der Waals surface area contributed by atoms with Crippen LogP contribution in [0.25, 0.3) is 0 Å². The molecule has 3 unspecified atom stereocenters. The SMILES string of the molecule is CC/C=C/C=C/C=C\C=C/C=C/CC(CC(=O)NC(CO)C(O)CCCCCCCCCCCCCCCCCC)OC(=O)CCCCCCCCC/C=C/C=C/C=C/CC. The Bertz CT molecular complexity index is 1220. The molecule has 61 heavy (non-hydrogen) atoms. The summed E-state index contributed by atoms with van der Waals surface area (Å²) in [7, 11) is 0. The largest absolute Gasteiger partial charge is 0.461 e. The summed E-state index contributed by atoms with van der Waals surface area (Å²) in [5.41, 5.74) is 0. The Balaban J connectivity index is 4.64. The molecule has 0 aliphatic rings. The zero-order valence-corrected chi connectivity index (χ0v) is 39.5. The van der Waals surface area contributed by atoms with Crippen LogP contribution in [0.4, 0.5) is 0 Å². The van der Waals surface area contributed by atoms with Crippen LogP contribution in [0.15, 0.2) is 97.2 Å². The minimum Gasteiger partial charge on any atom is -0.461 e. The number of esters is 1. The van der Waals surface area contributed by atoms with E-state index in [0.29, 0.717) is 19.3 Å². The van der Waals surface area contributed by atoms with Crippen molar-refractivity contribution >= 4 is 11.9 Å². The van der Waals surface area contributed by atoms with Crippen LogP contribution < -0.4 is 5.32 Å². The average molecular weight is 848 g/mol. The minimum atomic E-state index is -0.825. The molecule has 0 aromatic heterocycles. The van der Waals surface area contributed by atoms with Crippen LogP contribution >= 0.6 is 0 Å². The van der Waals surface area contributed by atoms with Crippen LogP contribution in [0.1, 0.15) is 213 Å². The van der Waals surface area contributed by atoms with Crippen LogP contribution in [-0.2, 0) is 14.3 Å². The molecule has 0 aromatic carbocycles. The number of unbranched alkanes of at least 4 members (excludes halogenated alkanes) is 22. The van der Waals surface area contributed by atoms with Gasteiger partial charge in [-0.2, -0.15) is 0 Å². The Kier molecular flexibility index (Phi) is 45.3. The number of aliphatic hydroxyl groups is 2. The number of ether oxygens (including phenoxy) is 1. The van der Waals surface area contributed by atoms with E-state index in [-0.39, 0.29) is 24.9 Å². The van der Waals surface area contributed by atoms with Crippen LogP contribution in [0.2, 0.25) is 0 Å². The maximum absolute atomic E-state index is 13.1. The lowest BCUT2D eigenvalue weighted by atomic mass is 10.0. The number of nitrogens with one attached hydrogen (secondary N) is 1. The second-order valence-corrected chi connectivity index (χ2v) is 16.6. The highest BCUT2D eigenvalue weighted by atomic mass is 16.5. The molecule has 0 bridgehead atoms. The number of hydrogen-bond donors (Lipinski definition) is 3. The molecule has 348 valence electrons. The van der Waals surface area contributed by atoms with E-state index in [1.54, 1.807) is 0 Å². The zero-order chi connectivity index (χ0) is 44.5. The molecule has 1 amide bonds. The molecule has 0 spiro atoms. The fraction of sp³-hybridized carbons (Fsp3) is 0.673. The average Bonchev–Trinajstić information content (AvgIpc) is 3.25. The van der Waals surface area contributed by atoms with Gasteiger partial charge in [0, 0.05) is 12.8 Å². The fourth-order valence-electron chi connectivity index (χ4n) is 7.10. The quantitative estimate of drug-likeness (QED) is 0.0323. The molecule has 0 aliphatic carbocycles. The number of carbonyl (C=O) groups excluding carboxylic acids is 2. The summed E-state index contributed by atoms with van der Waals surface area (Å²) in [6.45, 7) is 6.16. The van der Waals surface area contributed by atoms with E-state index in [0.717, 1.165) is 57.8 Å². The van der Waals surface area contributed by atoms with Gasteiger partial charge in [0.2, 0.25) is 5.91 Å². The predicted octanol–water partition coefficient (Wildman–Crippen LogP) is 14.9. The first-order valence-corrected chi connectivity index (χ1v) is 25.1. The summed E-state index contributed by atoms with van der Waals surface area (Å²) >= 11 is 0. The summed E-state index contributed by atoms with van der Waals surface area (Å²) < 4.78 is 5.83. The Labute approximate surface area is 376 Å². The summed E-state index contributed by atoms with van der Waals surface area (Å²) in [6.07, 6.45) is 63.5. The lowest BCUT2D eigenvalue weighted by Crippen LogP contribution is -2.46. The van der Waals surface area contributed by atoms with E-state index in [1.165, 1.54) is 109 Å². The van der Waals surface area contributed by atoms with Gasteiger partial charge in [-0.3, -0.25) is 9.59 Å². The molecule has 0 saturated carbocycles. The third-order valence-electron chi connectivity index (χ3n) is 10.8. The smallest absolute Gasteiger partial charge is 0.306 e. The van der Waals surface area contributed by atoms with Gasteiger partial charge in [0.05, 0.1) is 25.2 Å². The summed E-state index contributed by atoms with van der Waals surface area (Å²) in [5.74, 6) is -0.628. The van der Waals surface area contributed by atoms with Crippen LogP contribution in [0.3, 0.4) is 0 Å². The van der Waals surface area contributed by atoms with Crippen molar-refractivity contribution in [1.82, 2.24) is 5.32 Å². The van der Waals surface area contributed by atoms with E-state index < -0.39 is 18.2 Å². The van der Waals surface area contributed by atoms with Crippen molar-refractivity contribution in [2.75, 3.05) is 6.61 Å². The van der Waals surface area contributed by atoms with Gasteiger partial charge < -0.3 is 20.3 Å². The number of amides is 1. The summed E-state index contributed by atoms with van der Waals surface area (Å²) in [5, 5.41) is 23.7. The summed E-state index contributed by atoms with van der Waals surface area (Å²) in [6, 6.07) is -0.747. The molecule has 0 heterocycles. The van der Waals surface area contributed by atoms with Crippen molar-refractivity contribution in [3.8, 4) is 0 Å². The number of rotatable bonds is 43. The molecule has 6 heteroatoms. The van der Waals surface area contributed by atoms with E-state index in [4.69, 9.17) is 4.74 Å². The molecule has 0 fully saturated rings. The predicted molar refractivity (Wildman–Crippen MR) is 264 cm³/mol. The lowest BCUT2D eigenvalue weighted by molar-refractivity contribution is -0.150. The van der Waals surface area contributed by atoms with Gasteiger partial charge in [-0.25, -0.2) is 0 Å². The maximum Gasteiger partial charge on any atom is 0.306 e. The van der Waals surface area contributed by atoms with Crippen molar-refractivity contribution < 1.29 is 24.5 Å². The first-order chi connectivity index (χ1) is 30.0. The molecular weight excluding hydrogens is 755 g/mol.